The van der Waals surface area contributed by atoms with Gasteiger partial charge in [0.2, 0.25) is 5.69 Å². The maximum atomic E-state index is 13.4. The van der Waals surface area contributed by atoms with Crippen molar-refractivity contribution in [1.82, 2.24) is 4.57 Å². The molecule has 0 radical (unpaired) electrons. The number of carbonyl (C=O) groups excluding carboxylic acids is 2. The fourth-order valence-electron chi connectivity index (χ4n) is 5.07. The summed E-state index contributed by atoms with van der Waals surface area (Å²) in [6.07, 6.45) is 2.37. The Morgan fingerprint density at radius 1 is 0.951 bits per heavy atom. The lowest BCUT2D eigenvalue weighted by Crippen LogP contribution is -2.13. The van der Waals surface area contributed by atoms with Gasteiger partial charge in [0.1, 0.15) is 0 Å². The molecule has 0 saturated heterocycles. The van der Waals surface area contributed by atoms with Gasteiger partial charge in [0.25, 0.3) is 0 Å². The summed E-state index contributed by atoms with van der Waals surface area (Å²) in [5.41, 5.74) is 5.43. The van der Waals surface area contributed by atoms with E-state index in [1.807, 2.05) is 78.2 Å². The number of ketones is 1. The van der Waals surface area contributed by atoms with E-state index in [0.717, 1.165) is 61.7 Å². The molecule has 1 aromatic heterocycles. The number of aromatic nitrogens is 1. The zero-order valence-corrected chi connectivity index (χ0v) is 25.0. The number of nitrogens with zero attached hydrogens (tertiary/aromatic N) is 2. The third-order valence-corrected chi connectivity index (χ3v) is 8.47. The van der Waals surface area contributed by atoms with Gasteiger partial charge < -0.3 is 9.30 Å². The molecular formula is C34H32ClN2O3S+. The van der Waals surface area contributed by atoms with Gasteiger partial charge in [0, 0.05) is 80.6 Å². The maximum absolute atomic E-state index is 13.4. The van der Waals surface area contributed by atoms with E-state index >= 15 is 0 Å². The zero-order valence-electron chi connectivity index (χ0n) is 23.4. The molecule has 0 saturated carbocycles. The Morgan fingerprint density at radius 2 is 1.66 bits per heavy atom. The van der Waals surface area contributed by atoms with Gasteiger partial charge in [-0.3, -0.25) is 9.59 Å². The van der Waals surface area contributed by atoms with Crippen molar-refractivity contribution in [2.24, 2.45) is 0 Å². The number of fused-ring (bicyclic) bond motifs is 3. The molecule has 208 valence electrons. The molecule has 0 amide bonds. The molecular weight excluding hydrogens is 552 g/mol. The first-order valence-electron chi connectivity index (χ1n) is 13.7. The highest BCUT2D eigenvalue weighted by Crippen LogP contribution is 2.33. The van der Waals surface area contributed by atoms with Crippen molar-refractivity contribution in [3.8, 4) is 0 Å². The largest absolute Gasteiger partial charge is 0.377 e. The summed E-state index contributed by atoms with van der Waals surface area (Å²) < 4.78 is 9.55. The first kappa shape index (κ1) is 28.7. The van der Waals surface area contributed by atoms with Crippen LogP contribution in [0.15, 0.2) is 89.8 Å². The fourth-order valence-corrected chi connectivity index (χ4v) is 6.04. The molecule has 0 bridgehead atoms. The first-order valence-corrected chi connectivity index (χ1v) is 15.0. The summed E-state index contributed by atoms with van der Waals surface area (Å²) in [4.78, 5) is 26.3. The lowest BCUT2D eigenvalue weighted by molar-refractivity contribution is -0.443. The lowest BCUT2D eigenvalue weighted by atomic mass is 9.98. The summed E-state index contributed by atoms with van der Waals surface area (Å²) in [6.45, 7) is 6.95. The highest BCUT2D eigenvalue weighted by Gasteiger charge is 2.18. The number of halogens is 1. The quantitative estimate of drug-likeness (QED) is 0.0315. The SMILES string of the molecule is CCn1c2ccc(C(=O)c3ccccc3C)cc2c2cc([N+](=COC(C)=O)CCCSc3ccc(Cl)cc3)ccc21. The number of ether oxygens (including phenoxy) is 1. The molecule has 0 atom stereocenters. The van der Waals surface area contributed by atoms with E-state index in [1.54, 1.807) is 11.8 Å². The number of hydrogen-bond donors (Lipinski definition) is 0. The first-order chi connectivity index (χ1) is 19.9. The predicted molar refractivity (Wildman–Crippen MR) is 169 cm³/mol. The van der Waals surface area contributed by atoms with E-state index in [2.05, 4.69) is 29.7 Å². The molecule has 1 heterocycles. The minimum atomic E-state index is -0.367. The second-order valence-corrected chi connectivity index (χ2v) is 11.5. The molecule has 5 rings (SSSR count). The molecule has 0 unspecified atom stereocenters. The number of thioether (sulfide) groups is 1. The van der Waals surface area contributed by atoms with Crippen molar-refractivity contribution >= 4 is 69.0 Å². The third kappa shape index (κ3) is 6.39. The van der Waals surface area contributed by atoms with Crippen LogP contribution in [-0.4, -0.2) is 39.6 Å². The summed E-state index contributed by atoms with van der Waals surface area (Å²) in [5.74, 6) is 0.545. The standard InChI is InChI=1S/C34H32ClN2O3S/c1-4-37-32-16-10-25(34(39)29-9-6-5-8-23(29)2)20-30(32)31-21-27(13-17-33(31)37)36(22-40-24(3)38)18-7-19-41-28-14-11-26(35)12-15-28/h5-6,8-17,20-22H,4,7,18-19H2,1-3H3/q+1. The van der Waals surface area contributed by atoms with Crippen molar-refractivity contribution in [2.45, 2.75) is 38.6 Å². The topological polar surface area (TPSA) is 51.3 Å². The van der Waals surface area contributed by atoms with Gasteiger partial charge in [-0.05, 0) is 67.9 Å². The van der Waals surface area contributed by atoms with Crippen molar-refractivity contribution in [2.75, 3.05) is 12.3 Å². The van der Waals surface area contributed by atoms with Crippen LogP contribution in [0.3, 0.4) is 0 Å². The number of esters is 1. The van der Waals surface area contributed by atoms with Gasteiger partial charge in [-0.2, -0.15) is 4.58 Å². The molecule has 0 aliphatic carbocycles. The Labute approximate surface area is 249 Å². The molecule has 41 heavy (non-hydrogen) atoms. The number of carbonyl (C=O) groups is 2. The van der Waals surface area contributed by atoms with Crippen molar-refractivity contribution < 1.29 is 18.9 Å². The van der Waals surface area contributed by atoms with Crippen LogP contribution in [0.1, 0.15) is 41.8 Å². The Balaban J connectivity index is 1.48. The molecule has 0 N–H and O–H groups in total. The summed E-state index contributed by atoms with van der Waals surface area (Å²) >= 11 is 7.77. The molecule has 7 heteroatoms. The second-order valence-electron chi connectivity index (χ2n) is 9.89. The lowest BCUT2D eigenvalue weighted by Gasteiger charge is -2.06. The highest BCUT2D eigenvalue weighted by atomic mass is 35.5. The van der Waals surface area contributed by atoms with E-state index < -0.39 is 0 Å². The van der Waals surface area contributed by atoms with Crippen LogP contribution in [-0.2, 0) is 16.1 Å². The Bertz CT molecular complexity index is 1770. The average molecular weight is 584 g/mol. The number of hydrogen-bond acceptors (Lipinski definition) is 4. The van der Waals surface area contributed by atoms with Crippen LogP contribution < -0.4 is 0 Å². The van der Waals surface area contributed by atoms with Gasteiger partial charge in [-0.1, -0.05) is 35.9 Å². The Hall–Kier alpha value is -3.87. The van der Waals surface area contributed by atoms with Gasteiger partial charge >= 0.3 is 12.4 Å². The van der Waals surface area contributed by atoms with Crippen LogP contribution in [0.25, 0.3) is 21.8 Å². The van der Waals surface area contributed by atoms with E-state index in [9.17, 15) is 9.59 Å². The summed E-state index contributed by atoms with van der Waals surface area (Å²) in [7, 11) is 0. The summed E-state index contributed by atoms with van der Waals surface area (Å²) in [6, 6.07) is 27.8. The monoisotopic (exact) mass is 583 g/mol. The minimum Gasteiger partial charge on any atom is -0.377 e. The molecule has 5 aromatic rings. The molecule has 5 nitrogen and oxygen atoms in total. The molecule has 0 aliphatic rings. The average Bonchev–Trinajstić information content (AvgIpc) is 3.29. The Kier molecular flexibility index (Phi) is 8.91. The normalized spacial score (nSPS) is 11.8. The van der Waals surface area contributed by atoms with Crippen LogP contribution in [0.2, 0.25) is 5.02 Å². The molecule has 0 aliphatic heterocycles. The Morgan fingerprint density at radius 3 is 2.37 bits per heavy atom. The number of rotatable bonds is 10. The van der Waals surface area contributed by atoms with E-state index in [1.165, 1.54) is 13.3 Å². The van der Waals surface area contributed by atoms with Gasteiger partial charge in [-0.15, -0.1) is 11.8 Å². The fraction of sp³-hybridized carbons (Fsp3) is 0.206. The van der Waals surface area contributed by atoms with Crippen LogP contribution in [0, 0.1) is 6.92 Å². The zero-order chi connectivity index (χ0) is 28.9. The molecule has 0 spiro atoms. The smallest absolute Gasteiger partial charge is 0.337 e. The van der Waals surface area contributed by atoms with Gasteiger partial charge in [0.15, 0.2) is 12.3 Å². The van der Waals surface area contributed by atoms with Gasteiger partial charge in [0.05, 0.1) is 0 Å². The van der Waals surface area contributed by atoms with E-state index in [0.29, 0.717) is 17.7 Å². The minimum absolute atomic E-state index is 0.0153. The van der Waals surface area contributed by atoms with E-state index in [4.69, 9.17) is 16.3 Å². The maximum Gasteiger partial charge on any atom is 0.337 e. The predicted octanol–water partition coefficient (Wildman–Crippen LogP) is 8.43. The van der Waals surface area contributed by atoms with Crippen molar-refractivity contribution in [3.63, 3.8) is 0 Å². The van der Waals surface area contributed by atoms with Crippen LogP contribution in [0.4, 0.5) is 5.69 Å². The highest BCUT2D eigenvalue weighted by molar-refractivity contribution is 7.99. The van der Waals surface area contributed by atoms with Crippen molar-refractivity contribution in [1.29, 1.82) is 0 Å². The molecule has 4 aromatic carbocycles. The van der Waals surface area contributed by atoms with Crippen LogP contribution in [0.5, 0.6) is 0 Å². The van der Waals surface area contributed by atoms with Crippen molar-refractivity contribution in [3.05, 3.63) is 107 Å². The van der Waals surface area contributed by atoms with Crippen LogP contribution >= 0.6 is 23.4 Å². The second kappa shape index (κ2) is 12.8. The number of benzene rings is 4. The molecule has 0 fully saturated rings. The van der Waals surface area contributed by atoms with Gasteiger partial charge in [-0.25, -0.2) is 0 Å². The third-order valence-electron chi connectivity index (χ3n) is 7.12. The van der Waals surface area contributed by atoms with E-state index in [-0.39, 0.29) is 11.8 Å². The summed E-state index contributed by atoms with van der Waals surface area (Å²) in [5, 5.41) is 2.80. The number of aryl methyl sites for hydroxylation is 2.